The highest BCUT2D eigenvalue weighted by atomic mass is 35.5. The van der Waals surface area contributed by atoms with E-state index in [0.29, 0.717) is 22.2 Å². The molecular weight excluding hydrogens is 350 g/mol. The van der Waals surface area contributed by atoms with Crippen molar-refractivity contribution in [2.75, 3.05) is 18.4 Å². The van der Waals surface area contributed by atoms with Gasteiger partial charge in [-0.25, -0.2) is 0 Å². The number of rotatable bonds is 3. The minimum atomic E-state index is -0.364. The van der Waals surface area contributed by atoms with E-state index in [4.69, 9.17) is 11.6 Å². The summed E-state index contributed by atoms with van der Waals surface area (Å²) in [5, 5.41) is 3.39. The zero-order valence-corrected chi connectivity index (χ0v) is 15.7. The molecule has 0 radical (unpaired) electrons. The van der Waals surface area contributed by atoms with Gasteiger partial charge in [-0.2, -0.15) is 0 Å². The smallest absolute Gasteiger partial charge is 0.274 e. The van der Waals surface area contributed by atoms with Gasteiger partial charge in [0.05, 0.1) is 0 Å². The fraction of sp³-hybridized carbons (Fsp3) is 0.350. The van der Waals surface area contributed by atoms with Crippen LogP contribution in [0.25, 0.3) is 0 Å². The van der Waals surface area contributed by atoms with E-state index in [2.05, 4.69) is 17.2 Å². The largest absolute Gasteiger partial charge is 0.338 e. The Morgan fingerprint density at radius 1 is 1.31 bits per heavy atom. The summed E-state index contributed by atoms with van der Waals surface area (Å²) < 4.78 is 0. The molecule has 1 aromatic heterocycles. The highest BCUT2D eigenvalue weighted by molar-refractivity contribution is 6.31. The molecule has 1 aliphatic heterocycles. The Balaban J connectivity index is 1.77. The monoisotopic (exact) mass is 371 g/mol. The van der Waals surface area contributed by atoms with Gasteiger partial charge in [-0.3, -0.25) is 14.6 Å². The van der Waals surface area contributed by atoms with E-state index in [1.807, 2.05) is 11.8 Å². The van der Waals surface area contributed by atoms with E-state index in [-0.39, 0.29) is 17.5 Å². The Morgan fingerprint density at radius 3 is 2.88 bits per heavy atom. The van der Waals surface area contributed by atoms with Crippen molar-refractivity contribution in [2.24, 2.45) is 5.92 Å². The van der Waals surface area contributed by atoms with Gasteiger partial charge < -0.3 is 10.2 Å². The number of hydrogen-bond acceptors (Lipinski definition) is 3. The minimum absolute atomic E-state index is 0.0491. The van der Waals surface area contributed by atoms with Gasteiger partial charge in [-0.15, -0.1) is 0 Å². The number of hydrogen-bond donors (Lipinski definition) is 1. The maximum atomic E-state index is 12.7. The van der Waals surface area contributed by atoms with Gasteiger partial charge in [0.25, 0.3) is 11.8 Å². The lowest BCUT2D eigenvalue weighted by molar-refractivity contribution is 0.0683. The molecule has 1 unspecified atom stereocenters. The summed E-state index contributed by atoms with van der Waals surface area (Å²) in [5.41, 5.74) is 2.12. The maximum absolute atomic E-state index is 12.7. The highest BCUT2D eigenvalue weighted by Crippen LogP contribution is 2.23. The average molecular weight is 372 g/mol. The topological polar surface area (TPSA) is 62.3 Å². The van der Waals surface area contributed by atoms with Crippen molar-refractivity contribution in [1.82, 2.24) is 9.88 Å². The maximum Gasteiger partial charge on any atom is 0.274 e. The van der Waals surface area contributed by atoms with Gasteiger partial charge >= 0.3 is 0 Å². The van der Waals surface area contributed by atoms with Crippen molar-refractivity contribution < 1.29 is 9.59 Å². The van der Waals surface area contributed by atoms with Gasteiger partial charge in [-0.1, -0.05) is 24.6 Å². The summed E-state index contributed by atoms with van der Waals surface area (Å²) in [7, 11) is 0. The summed E-state index contributed by atoms with van der Waals surface area (Å²) in [6, 6.07) is 8.53. The molecule has 6 heteroatoms. The fourth-order valence-electron chi connectivity index (χ4n) is 3.17. The predicted molar refractivity (Wildman–Crippen MR) is 103 cm³/mol. The number of carbonyl (C=O) groups is 2. The molecule has 1 atom stereocenters. The van der Waals surface area contributed by atoms with Crippen LogP contribution in [0.3, 0.4) is 0 Å². The van der Waals surface area contributed by atoms with E-state index in [9.17, 15) is 9.59 Å². The molecule has 26 heavy (non-hydrogen) atoms. The van der Waals surface area contributed by atoms with Gasteiger partial charge in [0.1, 0.15) is 5.69 Å². The molecule has 0 saturated carbocycles. The van der Waals surface area contributed by atoms with E-state index < -0.39 is 0 Å². The third-order valence-electron chi connectivity index (χ3n) is 4.70. The SMILES string of the molecule is Cc1c(Cl)cccc1NC(=O)c1cc(C(=O)N2CCCC(C)C2)ccn1. The molecule has 136 valence electrons. The number of benzene rings is 1. The van der Waals surface area contributed by atoms with Crippen molar-refractivity contribution in [3.05, 3.63) is 58.4 Å². The normalized spacial score (nSPS) is 17.0. The molecular formula is C20H22ClN3O2. The van der Waals surface area contributed by atoms with E-state index in [1.54, 1.807) is 30.3 Å². The summed E-state index contributed by atoms with van der Waals surface area (Å²) in [6.45, 7) is 5.50. The van der Waals surface area contributed by atoms with E-state index in [0.717, 1.165) is 31.5 Å². The molecule has 0 bridgehead atoms. The second-order valence-electron chi connectivity index (χ2n) is 6.79. The van der Waals surface area contributed by atoms with Crippen molar-refractivity contribution >= 4 is 29.1 Å². The number of pyridine rings is 1. The average Bonchev–Trinajstić information content (AvgIpc) is 2.65. The lowest BCUT2D eigenvalue weighted by Crippen LogP contribution is -2.39. The van der Waals surface area contributed by atoms with Gasteiger partial charge in [-0.05, 0) is 55.5 Å². The summed E-state index contributed by atoms with van der Waals surface area (Å²) in [6.07, 6.45) is 3.66. The van der Waals surface area contributed by atoms with Gasteiger partial charge in [0.2, 0.25) is 0 Å². The third kappa shape index (κ3) is 4.05. The number of aromatic nitrogens is 1. The molecule has 1 fully saturated rings. The standard InChI is InChI=1S/C20H22ClN3O2/c1-13-5-4-10-24(12-13)20(26)15-8-9-22-18(11-15)19(25)23-17-7-3-6-16(21)14(17)2/h3,6-9,11,13H,4-5,10,12H2,1-2H3,(H,23,25). The summed E-state index contributed by atoms with van der Waals surface area (Å²) in [4.78, 5) is 31.2. The van der Waals surface area contributed by atoms with Crippen LogP contribution in [0.4, 0.5) is 5.69 Å². The van der Waals surface area contributed by atoms with Crippen LogP contribution in [0, 0.1) is 12.8 Å². The molecule has 1 aromatic carbocycles. The van der Waals surface area contributed by atoms with Crippen molar-refractivity contribution in [2.45, 2.75) is 26.7 Å². The first-order valence-corrected chi connectivity index (χ1v) is 9.15. The van der Waals surface area contributed by atoms with Crippen LogP contribution in [0.5, 0.6) is 0 Å². The highest BCUT2D eigenvalue weighted by Gasteiger charge is 2.23. The molecule has 1 N–H and O–H groups in total. The number of nitrogens with zero attached hydrogens (tertiary/aromatic N) is 2. The Labute approximate surface area is 158 Å². The van der Waals surface area contributed by atoms with Crippen LogP contribution in [-0.2, 0) is 0 Å². The fourth-order valence-corrected chi connectivity index (χ4v) is 3.35. The van der Waals surface area contributed by atoms with Gasteiger partial charge in [0.15, 0.2) is 0 Å². The molecule has 1 aliphatic rings. The van der Waals surface area contributed by atoms with E-state index >= 15 is 0 Å². The first-order chi connectivity index (χ1) is 12.5. The number of nitrogens with one attached hydrogen (secondary N) is 1. The Hall–Kier alpha value is -2.40. The second kappa shape index (κ2) is 7.87. The zero-order valence-electron chi connectivity index (χ0n) is 15.0. The molecule has 2 amide bonds. The van der Waals surface area contributed by atoms with Crippen LogP contribution in [0.1, 0.15) is 46.2 Å². The van der Waals surface area contributed by atoms with Crippen molar-refractivity contribution in [3.63, 3.8) is 0 Å². The van der Waals surface area contributed by atoms with Crippen LogP contribution in [0.2, 0.25) is 5.02 Å². The number of anilines is 1. The molecule has 1 saturated heterocycles. The van der Waals surface area contributed by atoms with Crippen LogP contribution >= 0.6 is 11.6 Å². The Bertz CT molecular complexity index is 838. The number of halogens is 1. The number of amides is 2. The van der Waals surface area contributed by atoms with Gasteiger partial charge in [0, 0.05) is 35.6 Å². The molecule has 0 aliphatic carbocycles. The molecule has 0 spiro atoms. The first kappa shape index (κ1) is 18.4. The number of carbonyl (C=O) groups excluding carboxylic acids is 2. The van der Waals surface area contributed by atoms with E-state index in [1.165, 1.54) is 6.20 Å². The Morgan fingerprint density at radius 2 is 2.12 bits per heavy atom. The second-order valence-corrected chi connectivity index (χ2v) is 7.20. The van der Waals surface area contributed by atoms with Crippen LogP contribution < -0.4 is 5.32 Å². The Kier molecular flexibility index (Phi) is 5.57. The quantitative estimate of drug-likeness (QED) is 0.880. The number of likely N-dealkylation sites (tertiary alicyclic amines) is 1. The van der Waals surface area contributed by atoms with Crippen LogP contribution in [-0.4, -0.2) is 34.8 Å². The molecule has 5 nitrogen and oxygen atoms in total. The lowest BCUT2D eigenvalue weighted by atomic mass is 9.99. The molecule has 2 aromatic rings. The summed E-state index contributed by atoms with van der Waals surface area (Å²) in [5.74, 6) is 0.0899. The third-order valence-corrected chi connectivity index (χ3v) is 5.11. The number of piperidine rings is 1. The predicted octanol–water partition coefficient (Wildman–Crippen LogP) is 4.17. The lowest BCUT2D eigenvalue weighted by Gasteiger charge is -2.31. The first-order valence-electron chi connectivity index (χ1n) is 8.77. The van der Waals surface area contributed by atoms with Crippen molar-refractivity contribution in [3.8, 4) is 0 Å². The van der Waals surface area contributed by atoms with Crippen LogP contribution in [0.15, 0.2) is 36.5 Å². The minimum Gasteiger partial charge on any atom is -0.338 e. The summed E-state index contributed by atoms with van der Waals surface area (Å²) >= 11 is 6.09. The molecule has 2 heterocycles. The zero-order chi connectivity index (χ0) is 18.7. The van der Waals surface area contributed by atoms with Crippen molar-refractivity contribution in [1.29, 1.82) is 0 Å². The molecule has 3 rings (SSSR count).